The number of nitrogens with one attached hydrogen (secondary N) is 1. The van der Waals surface area contributed by atoms with Gasteiger partial charge in [-0.1, -0.05) is 52.6 Å². The lowest BCUT2D eigenvalue weighted by Gasteiger charge is -2.06. The maximum Gasteiger partial charge on any atom is 0.256 e. The number of halogens is 2. The summed E-state index contributed by atoms with van der Waals surface area (Å²) in [4.78, 5) is 17.6. The van der Waals surface area contributed by atoms with E-state index in [4.69, 9.17) is 28.0 Å². The van der Waals surface area contributed by atoms with E-state index in [-0.39, 0.29) is 5.91 Å². The van der Waals surface area contributed by atoms with Crippen molar-refractivity contribution in [3.63, 3.8) is 0 Å². The highest BCUT2D eigenvalue weighted by molar-refractivity contribution is 6.44. The Labute approximate surface area is 148 Å². The standard InChI is InChI=1S/C18H12Cl2N2O2/c1-24-22-17-10-5-3-2-4-9(10)6-12(17)16-11-7-13(19)14(20)8-15(11)21-18(16)23/h2-5,7-8H,6H2,1H3,(H,21,23)/b16-12+,22-17?. The Morgan fingerprint density at radius 1 is 1.12 bits per heavy atom. The second-order valence-corrected chi connectivity index (χ2v) is 6.39. The number of rotatable bonds is 1. The van der Waals surface area contributed by atoms with Crippen LogP contribution in [0.2, 0.25) is 10.0 Å². The van der Waals surface area contributed by atoms with Crippen LogP contribution >= 0.6 is 23.2 Å². The summed E-state index contributed by atoms with van der Waals surface area (Å²) in [6.45, 7) is 0. The molecule has 24 heavy (non-hydrogen) atoms. The van der Waals surface area contributed by atoms with Gasteiger partial charge in [0.2, 0.25) is 0 Å². The molecule has 6 heteroatoms. The Kier molecular flexibility index (Phi) is 3.59. The third-order valence-electron chi connectivity index (χ3n) is 4.21. The van der Waals surface area contributed by atoms with Crippen LogP contribution in [0.4, 0.5) is 5.69 Å². The number of fused-ring (bicyclic) bond motifs is 2. The maximum atomic E-state index is 12.6. The first-order valence-corrected chi connectivity index (χ1v) is 8.09. The highest BCUT2D eigenvalue weighted by Crippen LogP contribution is 2.42. The van der Waals surface area contributed by atoms with E-state index in [0.717, 1.165) is 22.3 Å². The van der Waals surface area contributed by atoms with Gasteiger partial charge in [-0.2, -0.15) is 0 Å². The van der Waals surface area contributed by atoms with Gasteiger partial charge in [0.05, 0.1) is 21.3 Å². The number of allylic oxidation sites excluding steroid dienone is 1. The highest BCUT2D eigenvalue weighted by Gasteiger charge is 2.34. The molecule has 1 amide bonds. The Morgan fingerprint density at radius 3 is 2.67 bits per heavy atom. The number of carbonyl (C=O) groups is 1. The summed E-state index contributed by atoms with van der Waals surface area (Å²) in [7, 11) is 1.50. The molecule has 1 aliphatic carbocycles. The van der Waals surface area contributed by atoms with Crippen LogP contribution in [-0.4, -0.2) is 18.7 Å². The average Bonchev–Trinajstić information content (AvgIpc) is 3.06. The van der Waals surface area contributed by atoms with Crippen molar-refractivity contribution in [2.45, 2.75) is 6.42 Å². The van der Waals surface area contributed by atoms with Gasteiger partial charge in [0.1, 0.15) is 12.8 Å². The van der Waals surface area contributed by atoms with Gasteiger partial charge < -0.3 is 10.2 Å². The molecule has 0 aromatic heterocycles. The van der Waals surface area contributed by atoms with Crippen molar-refractivity contribution in [1.82, 2.24) is 0 Å². The lowest BCUT2D eigenvalue weighted by Crippen LogP contribution is -2.10. The first-order valence-electron chi connectivity index (χ1n) is 7.34. The zero-order chi connectivity index (χ0) is 16.8. The molecule has 0 saturated carbocycles. The number of hydrogen-bond acceptors (Lipinski definition) is 3. The quantitative estimate of drug-likeness (QED) is 0.610. The van der Waals surface area contributed by atoms with Crippen molar-refractivity contribution in [3.8, 4) is 0 Å². The summed E-state index contributed by atoms with van der Waals surface area (Å²) in [5.74, 6) is -0.185. The van der Waals surface area contributed by atoms with E-state index in [1.807, 2.05) is 24.3 Å². The fourth-order valence-corrected chi connectivity index (χ4v) is 3.54. The summed E-state index contributed by atoms with van der Waals surface area (Å²) < 4.78 is 0. The normalized spacial score (nSPS) is 20.1. The number of oxime groups is 1. The van der Waals surface area contributed by atoms with E-state index >= 15 is 0 Å². The minimum Gasteiger partial charge on any atom is -0.399 e. The zero-order valence-electron chi connectivity index (χ0n) is 12.7. The molecular formula is C18H12Cl2N2O2. The molecule has 0 saturated heterocycles. The van der Waals surface area contributed by atoms with E-state index in [9.17, 15) is 4.79 Å². The summed E-state index contributed by atoms with van der Waals surface area (Å²) in [5, 5.41) is 7.82. The van der Waals surface area contributed by atoms with Gasteiger partial charge in [-0.05, 0) is 23.3 Å². The predicted molar refractivity (Wildman–Crippen MR) is 95.7 cm³/mol. The molecule has 0 fully saturated rings. The van der Waals surface area contributed by atoms with Crippen LogP contribution in [0.3, 0.4) is 0 Å². The molecule has 1 N–H and O–H groups in total. The summed E-state index contributed by atoms with van der Waals surface area (Å²) in [5.41, 5.74) is 5.55. The minimum atomic E-state index is -0.185. The van der Waals surface area contributed by atoms with Crippen molar-refractivity contribution in [2.24, 2.45) is 5.16 Å². The number of amides is 1. The first kappa shape index (κ1) is 15.2. The van der Waals surface area contributed by atoms with Crippen LogP contribution in [0.1, 0.15) is 16.7 Å². The molecule has 0 spiro atoms. The number of anilines is 1. The van der Waals surface area contributed by atoms with Gasteiger partial charge in [-0.3, -0.25) is 4.79 Å². The highest BCUT2D eigenvalue weighted by atomic mass is 35.5. The van der Waals surface area contributed by atoms with Gasteiger partial charge in [-0.15, -0.1) is 0 Å². The summed E-state index contributed by atoms with van der Waals surface area (Å²) in [6.07, 6.45) is 0.612. The molecule has 2 aromatic rings. The Hall–Kier alpha value is -2.30. The molecule has 0 bridgehead atoms. The van der Waals surface area contributed by atoms with Crippen molar-refractivity contribution < 1.29 is 9.63 Å². The average molecular weight is 359 g/mol. The van der Waals surface area contributed by atoms with Gasteiger partial charge in [0, 0.05) is 17.5 Å². The maximum absolute atomic E-state index is 12.6. The monoisotopic (exact) mass is 358 g/mol. The van der Waals surface area contributed by atoms with Gasteiger partial charge in [0.25, 0.3) is 5.91 Å². The SMILES string of the molecule is CON=C1/C(=C2/C(=O)Nc3cc(Cl)c(Cl)cc32)Cc2ccccc21. The molecule has 0 unspecified atom stereocenters. The lowest BCUT2D eigenvalue weighted by atomic mass is 9.98. The number of carbonyl (C=O) groups excluding carboxylic acids is 1. The number of hydrogen-bond donors (Lipinski definition) is 1. The third-order valence-corrected chi connectivity index (χ3v) is 4.94. The van der Waals surface area contributed by atoms with E-state index < -0.39 is 0 Å². The molecule has 0 atom stereocenters. The van der Waals surface area contributed by atoms with Crippen molar-refractivity contribution in [3.05, 3.63) is 68.7 Å². The summed E-state index contributed by atoms with van der Waals surface area (Å²) >= 11 is 12.2. The van der Waals surface area contributed by atoms with Crippen LogP contribution < -0.4 is 5.32 Å². The molecule has 0 radical (unpaired) electrons. The number of nitrogens with zero attached hydrogens (tertiary/aromatic N) is 1. The molecule has 4 rings (SSSR count). The lowest BCUT2D eigenvalue weighted by molar-refractivity contribution is -0.110. The largest absolute Gasteiger partial charge is 0.399 e. The van der Waals surface area contributed by atoms with Crippen molar-refractivity contribution in [2.75, 3.05) is 12.4 Å². The third kappa shape index (κ3) is 2.22. The number of benzene rings is 2. The molecular weight excluding hydrogens is 347 g/mol. The Bertz CT molecular complexity index is 948. The van der Waals surface area contributed by atoms with E-state index in [1.165, 1.54) is 7.11 Å². The van der Waals surface area contributed by atoms with Crippen LogP contribution in [-0.2, 0) is 16.1 Å². The molecule has 1 aliphatic heterocycles. The predicted octanol–water partition coefficient (Wildman–Crippen LogP) is 4.31. The Morgan fingerprint density at radius 2 is 1.88 bits per heavy atom. The summed E-state index contributed by atoms with van der Waals surface area (Å²) in [6, 6.07) is 11.3. The van der Waals surface area contributed by atoms with Crippen LogP contribution in [0.25, 0.3) is 5.57 Å². The van der Waals surface area contributed by atoms with Crippen molar-refractivity contribution >= 4 is 46.1 Å². The molecule has 2 aliphatic rings. The van der Waals surface area contributed by atoms with Crippen LogP contribution in [0, 0.1) is 0 Å². The van der Waals surface area contributed by atoms with Crippen LogP contribution in [0.5, 0.6) is 0 Å². The molecule has 4 nitrogen and oxygen atoms in total. The van der Waals surface area contributed by atoms with E-state index in [0.29, 0.717) is 33.4 Å². The fourth-order valence-electron chi connectivity index (χ4n) is 3.21. The molecule has 120 valence electrons. The van der Waals surface area contributed by atoms with E-state index in [2.05, 4.69) is 10.5 Å². The second kappa shape index (κ2) is 5.65. The molecule has 2 aromatic carbocycles. The smallest absolute Gasteiger partial charge is 0.256 e. The van der Waals surface area contributed by atoms with Gasteiger partial charge in [0.15, 0.2) is 0 Å². The van der Waals surface area contributed by atoms with Crippen molar-refractivity contribution in [1.29, 1.82) is 0 Å². The van der Waals surface area contributed by atoms with Gasteiger partial charge in [-0.25, -0.2) is 0 Å². The topological polar surface area (TPSA) is 50.7 Å². The van der Waals surface area contributed by atoms with Gasteiger partial charge >= 0.3 is 0 Å². The second-order valence-electron chi connectivity index (χ2n) is 5.58. The zero-order valence-corrected chi connectivity index (χ0v) is 14.2. The Balaban J connectivity index is 1.97. The first-order chi connectivity index (χ1) is 11.6. The minimum absolute atomic E-state index is 0.185. The molecule has 1 heterocycles. The van der Waals surface area contributed by atoms with Crippen LogP contribution in [0.15, 0.2) is 47.1 Å². The fraction of sp³-hybridized carbons (Fsp3) is 0.111. The van der Waals surface area contributed by atoms with E-state index in [1.54, 1.807) is 12.1 Å².